The minimum absolute atomic E-state index is 0.184. The van der Waals surface area contributed by atoms with Gasteiger partial charge in [0.05, 0.1) is 5.69 Å². The number of benzene rings is 1. The first-order valence-corrected chi connectivity index (χ1v) is 5.04. The van der Waals surface area contributed by atoms with Gasteiger partial charge in [0, 0.05) is 12.1 Å². The van der Waals surface area contributed by atoms with Gasteiger partial charge in [-0.1, -0.05) is 12.8 Å². The molecule has 3 heteroatoms. The summed E-state index contributed by atoms with van der Waals surface area (Å²) in [6, 6.07) is 5.00. The fraction of sp³-hybridized carbons (Fsp3) is 0.455. The van der Waals surface area contributed by atoms with E-state index in [0.717, 1.165) is 12.8 Å². The summed E-state index contributed by atoms with van der Waals surface area (Å²) in [5.41, 5.74) is 0.636. The van der Waals surface area contributed by atoms with E-state index in [2.05, 4.69) is 5.32 Å². The van der Waals surface area contributed by atoms with Crippen LogP contribution in [0.5, 0.6) is 11.5 Å². The molecule has 76 valence electrons. The molecule has 3 nitrogen and oxygen atoms in total. The molecule has 1 fully saturated rings. The Bertz CT molecular complexity index is 319. The Morgan fingerprint density at radius 3 is 2.57 bits per heavy atom. The SMILES string of the molecule is Oc1ccc(O)c(NC2CCCC2)c1. The van der Waals surface area contributed by atoms with Gasteiger partial charge in [0.15, 0.2) is 0 Å². The zero-order valence-corrected chi connectivity index (χ0v) is 8.03. The zero-order valence-electron chi connectivity index (χ0n) is 8.03. The smallest absolute Gasteiger partial charge is 0.138 e. The number of nitrogens with one attached hydrogen (secondary N) is 1. The molecule has 3 N–H and O–H groups in total. The standard InChI is InChI=1S/C11H15NO2/c13-9-5-6-11(14)10(7-9)12-8-3-1-2-4-8/h5-8,12-14H,1-4H2. The second kappa shape index (κ2) is 3.78. The average Bonchev–Trinajstić information content (AvgIpc) is 2.64. The minimum atomic E-state index is 0.184. The number of phenols is 2. The molecule has 1 aliphatic carbocycles. The second-order valence-corrected chi connectivity index (χ2v) is 3.83. The van der Waals surface area contributed by atoms with Crippen LogP contribution >= 0.6 is 0 Å². The first-order valence-electron chi connectivity index (χ1n) is 5.04. The largest absolute Gasteiger partial charge is 0.508 e. The maximum Gasteiger partial charge on any atom is 0.138 e. The Morgan fingerprint density at radius 2 is 1.86 bits per heavy atom. The molecule has 0 heterocycles. The highest BCUT2D eigenvalue weighted by atomic mass is 16.3. The first-order chi connectivity index (χ1) is 6.75. The van der Waals surface area contributed by atoms with E-state index in [9.17, 15) is 10.2 Å². The molecule has 1 aromatic carbocycles. The van der Waals surface area contributed by atoms with Crippen LogP contribution in [0.15, 0.2) is 18.2 Å². The Labute approximate surface area is 83.4 Å². The molecule has 1 aliphatic rings. The fourth-order valence-corrected chi connectivity index (χ4v) is 1.93. The molecule has 1 saturated carbocycles. The van der Waals surface area contributed by atoms with E-state index < -0.39 is 0 Å². The third kappa shape index (κ3) is 1.92. The van der Waals surface area contributed by atoms with Crippen molar-refractivity contribution in [2.75, 3.05) is 5.32 Å². The second-order valence-electron chi connectivity index (χ2n) is 3.83. The number of anilines is 1. The van der Waals surface area contributed by atoms with Crippen LogP contribution in [0.1, 0.15) is 25.7 Å². The van der Waals surface area contributed by atoms with Crippen molar-refractivity contribution in [1.82, 2.24) is 0 Å². The van der Waals surface area contributed by atoms with Gasteiger partial charge in [0.1, 0.15) is 11.5 Å². The predicted molar refractivity (Wildman–Crippen MR) is 55.7 cm³/mol. The Hall–Kier alpha value is -1.38. The molecule has 0 radical (unpaired) electrons. The lowest BCUT2D eigenvalue weighted by atomic mass is 10.2. The van der Waals surface area contributed by atoms with Gasteiger partial charge < -0.3 is 15.5 Å². The lowest BCUT2D eigenvalue weighted by Crippen LogP contribution is -2.14. The fourth-order valence-electron chi connectivity index (χ4n) is 1.93. The van der Waals surface area contributed by atoms with E-state index in [0.29, 0.717) is 11.7 Å². The van der Waals surface area contributed by atoms with E-state index in [1.54, 1.807) is 6.07 Å². The van der Waals surface area contributed by atoms with Gasteiger partial charge in [-0.3, -0.25) is 0 Å². The van der Waals surface area contributed by atoms with Crippen LogP contribution in [0.4, 0.5) is 5.69 Å². The van der Waals surface area contributed by atoms with Gasteiger partial charge in [-0.15, -0.1) is 0 Å². The van der Waals surface area contributed by atoms with Crippen molar-refractivity contribution in [2.45, 2.75) is 31.7 Å². The molecular weight excluding hydrogens is 178 g/mol. The maximum absolute atomic E-state index is 9.52. The quantitative estimate of drug-likeness (QED) is 0.499. The van der Waals surface area contributed by atoms with Crippen molar-refractivity contribution in [3.05, 3.63) is 18.2 Å². The van der Waals surface area contributed by atoms with Crippen molar-refractivity contribution in [1.29, 1.82) is 0 Å². The van der Waals surface area contributed by atoms with E-state index in [-0.39, 0.29) is 11.5 Å². The molecule has 2 rings (SSSR count). The highest BCUT2D eigenvalue weighted by Crippen LogP contribution is 2.30. The van der Waals surface area contributed by atoms with Gasteiger partial charge >= 0.3 is 0 Å². The van der Waals surface area contributed by atoms with Gasteiger partial charge in [-0.05, 0) is 25.0 Å². The predicted octanol–water partition coefficient (Wildman–Crippen LogP) is 2.45. The molecule has 0 aromatic heterocycles. The van der Waals surface area contributed by atoms with Gasteiger partial charge in [0.2, 0.25) is 0 Å². The number of hydrogen-bond donors (Lipinski definition) is 3. The van der Waals surface area contributed by atoms with E-state index in [1.165, 1.54) is 25.0 Å². The third-order valence-corrected chi connectivity index (χ3v) is 2.69. The molecule has 0 bridgehead atoms. The Balaban J connectivity index is 2.10. The molecule has 0 unspecified atom stereocenters. The van der Waals surface area contributed by atoms with Crippen molar-refractivity contribution in [3.8, 4) is 11.5 Å². The van der Waals surface area contributed by atoms with Crippen LogP contribution in [-0.2, 0) is 0 Å². The number of hydrogen-bond acceptors (Lipinski definition) is 3. The molecule has 0 atom stereocenters. The van der Waals surface area contributed by atoms with Crippen LogP contribution in [0.3, 0.4) is 0 Å². The maximum atomic E-state index is 9.52. The van der Waals surface area contributed by atoms with Gasteiger partial charge in [0.25, 0.3) is 0 Å². The topological polar surface area (TPSA) is 52.5 Å². The minimum Gasteiger partial charge on any atom is -0.508 e. The molecule has 1 aromatic rings. The molecule has 0 aliphatic heterocycles. The molecule has 0 saturated heterocycles. The molecule has 14 heavy (non-hydrogen) atoms. The van der Waals surface area contributed by atoms with E-state index in [4.69, 9.17) is 0 Å². The summed E-state index contributed by atoms with van der Waals surface area (Å²) in [7, 11) is 0. The van der Waals surface area contributed by atoms with E-state index >= 15 is 0 Å². The molecule has 0 amide bonds. The van der Waals surface area contributed by atoms with Crippen LogP contribution in [0.2, 0.25) is 0 Å². The van der Waals surface area contributed by atoms with Crippen LogP contribution in [0.25, 0.3) is 0 Å². The lowest BCUT2D eigenvalue weighted by Gasteiger charge is -2.14. The highest BCUT2D eigenvalue weighted by molar-refractivity contribution is 5.59. The summed E-state index contributed by atoms with van der Waals surface area (Å²) < 4.78 is 0. The summed E-state index contributed by atoms with van der Waals surface area (Å²) in [5, 5.41) is 22.0. The van der Waals surface area contributed by atoms with Crippen LogP contribution in [-0.4, -0.2) is 16.3 Å². The summed E-state index contributed by atoms with van der Waals surface area (Å²) in [5.74, 6) is 0.387. The lowest BCUT2D eigenvalue weighted by molar-refractivity contribution is 0.461. The van der Waals surface area contributed by atoms with Crippen molar-refractivity contribution in [2.24, 2.45) is 0 Å². The average molecular weight is 193 g/mol. The van der Waals surface area contributed by atoms with Gasteiger partial charge in [-0.2, -0.15) is 0 Å². The summed E-state index contributed by atoms with van der Waals surface area (Å²) in [6.45, 7) is 0. The van der Waals surface area contributed by atoms with Crippen molar-refractivity contribution < 1.29 is 10.2 Å². The number of aromatic hydroxyl groups is 2. The summed E-state index contributed by atoms with van der Waals surface area (Å²) in [4.78, 5) is 0. The van der Waals surface area contributed by atoms with Gasteiger partial charge in [-0.25, -0.2) is 0 Å². The number of phenolic OH excluding ortho intramolecular Hbond substituents is 2. The van der Waals surface area contributed by atoms with Crippen molar-refractivity contribution in [3.63, 3.8) is 0 Å². The third-order valence-electron chi connectivity index (χ3n) is 2.69. The molecule has 0 spiro atoms. The Kier molecular flexibility index (Phi) is 2.48. The van der Waals surface area contributed by atoms with E-state index in [1.807, 2.05) is 0 Å². The zero-order chi connectivity index (χ0) is 9.97. The number of rotatable bonds is 2. The Morgan fingerprint density at radius 1 is 1.14 bits per heavy atom. The van der Waals surface area contributed by atoms with Crippen LogP contribution < -0.4 is 5.32 Å². The monoisotopic (exact) mass is 193 g/mol. The van der Waals surface area contributed by atoms with Crippen molar-refractivity contribution >= 4 is 5.69 Å². The molecular formula is C11H15NO2. The highest BCUT2D eigenvalue weighted by Gasteiger charge is 2.15. The summed E-state index contributed by atoms with van der Waals surface area (Å²) >= 11 is 0. The normalized spacial score (nSPS) is 17.1. The van der Waals surface area contributed by atoms with Crippen LogP contribution in [0, 0.1) is 0 Å². The summed E-state index contributed by atoms with van der Waals surface area (Å²) in [6.07, 6.45) is 4.79. The first kappa shape index (κ1) is 9.19.